The molecule has 3 nitrogen and oxygen atoms in total. The first kappa shape index (κ1) is 11.7. The van der Waals surface area contributed by atoms with Gasteiger partial charge < -0.3 is 4.98 Å². The number of imidazole rings is 1. The highest BCUT2D eigenvalue weighted by Crippen LogP contribution is 2.32. The maximum Gasteiger partial charge on any atom is 0.449 e. The number of hydrogen-bond acceptors (Lipinski definition) is 2. The number of aromatic amines is 1. The third-order valence-electron chi connectivity index (χ3n) is 1.93. The number of fused-ring (bicyclic) bond motifs is 1. The van der Waals surface area contributed by atoms with Crippen molar-refractivity contribution >= 4 is 11.2 Å². The number of hydrogen-bond donors (Lipinski definition) is 1. The third-order valence-corrected chi connectivity index (χ3v) is 1.93. The van der Waals surface area contributed by atoms with Gasteiger partial charge in [0, 0.05) is 6.20 Å². The van der Waals surface area contributed by atoms with Gasteiger partial charge in [-0.15, -0.1) is 0 Å². The van der Waals surface area contributed by atoms with Crippen LogP contribution in [0.4, 0.5) is 26.3 Å². The van der Waals surface area contributed by atoms with E-state index in [-0.39, 0.29) is 0 Å². The van der Waals surface area contributed by atoms with Gasteiger partial charge in [-0.25, -0.2) is 9.97 Å². The number of nitrogens with one attached hydrogen (secondary N) is 1. The molecule has 0 amide bonds. The van der Waals surface area contributed by atoms with Crippen LogP contribution in [0.3, 0.4) is 0 Å². The lowest BCUT2D eigenvalue weighted by atomic mass is 10.2. The number of rotatable bonds is 0. The molecule has 17 heavy (non-hydrogen) atoms. The number of H-pyrrole nitrogens is 1. The maximum absolute atomic E-state index is 12.3. The van der Waals surface area contributed by atoms with E-state index in [2.05, 4.69) is 9.97 Å². The molecule has 0 spiro atoms. The summed E-state index contributed by atoms with van der Waals surface area (Å²) in [6.45, 7) is 0. The second-order valence-corrected chi connectivity index (χ2v) is 3.18. The molecule has 0 aliphatic rings. The Labute approximate surface area is 89.5 Å². The Morgan fingerprint density at radius 1 is 1.00 bits per heavy atom. The monoisotopic (exact) mass is 255 g/mol. The van der Waals surface area contributed by atoms with Crippen molar-refractivity contribution in [1.82, 2.24) is 15.0 Å². The molecule has 9 heteroatoms. The molecule has 0 aromatic carbocycles. The molecule has 0 saturated heterocycles. The number of alkyl halides is 6. The summed E-state index contributed by atoms with van der Waals surface area (Å²) in [5.41, 5.74) is -1.96. The summed E-state index contributed by atoms with van der Waals surface area (Å²) in [6.07, 6.45) is -8.98. The molecule has 0 saturated carbocycles. The van der Waals surface area contributed by atoms with Gasteiger partial charge in [-0.1, -0.05) is 0 Å². The van der Waals surface area contributed by atoms with Crippen molar-refractivity contribution in [3.63, 3.8) is 0 Å². The minimum absolute atomic E-state index is 0.410. The maximum atomic E-state index is 12.3. The van der Waals surface area contributed by atoms with Gasteiger partial charge in [0.25, 0.3) is 0 Å². The van der Waals surface area contributed by atoms with E-state index in [4.69, 9.17) is 0 Å². The third kappa shape index (κ3) is 2.17. The van der Waals surface area contributed by atoms with Crippen molar-refractivity contribution in [1.29, 1.82) is 0 Å². The van der Waals surface area contributed by atoms with Gasteiger partial charge in [0.1, 0.15) is 0 Å². The normalized spacial score (nSPS) is 13.3. The molecular weight excluding hydrogens is 252 g/mol. The zero-order valence-corrected chi connectivity index (χ0v) is 7.82. The van der Waals surface area contributed by atoms with E-state index >= 15 is 0 Å². The Kier molecular flexibility index (Phi) is 2.30. The quantitative estimate of drug-likeness (QED) is 0.735. The second kappa shape index (κ2) is 3.34. The van der Waals surface area contributed by atoms with Crippen molar-refractivity contribution in [3.05, 3.63) is 23.7 Å². The smallest absolute Gasteiger partial charge is 0.333 e. The topological polar surface area (TPSA) is 41.6 Å². The van der Waals surface area contributed by atoms with Crippen LogP contribution in [0.25, 0.3) is 11.2 Å². The molecular formula is C8H3F6N3. The highest BCUT2D eigenvalue weighted by Gasteiger charge is 2.36. The highest BCUT2D eigenvalue weighted by molar-refractivity contribution is 5.71. The van der Waals surface area contributed by atoms with Gasteiger partial charge >= 0.3 is 12.4 Å². The summed E-state index contributed by atoms with van der Waals surface area (Å²) < 4.78 is 73.4. The van der Waals surface area contributed by atoms with E-state index in [0.717, 1.165) is 0 Å². The van der Waals surface area contributed by atoms with E-state index < -0.39 is 34.9 Å². The van der Waals surface area contributed by atoms with Crippen LogP contribution in [0.2, 0.25) is 0 Å². The first-order valence-corrected chi connectivity index (χ1v) is 4.18. The molecule has 1 N–H and O–H groups in total. The SMILES string of the molecule is FC(F)(F)c1cnc2nc(C(F)(F)F)[nH]c2c1. The van der Waals surface area contributed by atoms with Gasteiger partial charge in [-0.3, -0.25) is 0 Å². The summed E-state index contributed by atoms with van der Waals surface area (Å²) in [4.78, 5) is 8.02. The Morgan fingerprint density at radius 2 is 1.65 bits per heavy atom. The molecule has 92 valence electrons. The molecule has 0 aliphatic heterocycles. The summed E-state index contributed by atoms with van der Waals surface area (Å²) in [5, 5.41) is 0. The highest BCUT2D eigenvalue weighted by atomic mass is 19.4. The van der Waals surface area contributed by atoms with Crippen molar-refractivity contribution in [3.8, 4) is 0 Å². The van der Waals surface area contributed by atoms with E-state index in [0.29, 0.717) is 12.3 Å². The lowest BCUT2D eigenvalue weighted by Gasteiger charge is -2.04. The number of pyridine rings is 1. The minimum atomic E-state index is -4.75. The Balaban J connectivity index is 2.56. The number of nitrogens with zero attached hydrogens (tertiary/aromatic N) is 2. The molecule has 0 bridgehead atoms. The van der Waals surface area contributed by atoms with Gasteiger partial charge in [0.05, 0.1) is 11.1 Å². The zero-order chi connectivity index (χ0) is 12.8. The summed E-state index contributed by atoms with van der Waals surface area (Å²) in [7, 11) is 0. The molecule has 0 aliphatic carbocycles. The van der Waals surface area contributed by atoms with Gasteiger partial charge in [-0.05, 0) is 6.07 Å². The van der Waals surface area contributed by atoms with Crippen LogP contribution >= 0.6 is 0 Å². The van der Waals surface area contributed by atoms with E-state index in [1.54, 1.807) is 4.98 Å². The number of aromatic nitrogens is 3. The summed E-state index contributed by atoms with van der Waals surface area (Å²) in [6, 6.07) is 0.532. The molecule has 2 heterocycles. The summed E-state index contributed by atoms with van der Waals surface area (Å²) in [5.74, 6) is -1.38. The average molecular weight is 255 g/mol. The van der Waals surface area contributed by atoms with Crippen molar-refractivity contribution in [2.24, 2.45) is 0 Å². The van der Waals surface area contributed by atoms with Crippen LogP contribution in [-0.2, 0) is 12.4 Å². The summed E-state index contributed by atoms with van der Waals surface area (Å²) >= 11 is 0. The molecule has 0 unspecified atom stereocenters. The van der Waals surface area contributed by atoms with Crippen LogP contribution < -0.4 is 0 Å². The van der Waals surface area contributed by atoms with Crippen LogP contribution in [0.5, 0.6) is 0 Å². The van der Waals surface area contributed by atoms with Crippen LogP contribution in [0, 0.1) is 0 Å². The lowest BCUT2D eigenvalue weighted by Crippen LogP contribution is -2.06. The van der Waals surface area contributed by atoms with E-state index in [1.807, 2.05) is 0 Å². The molecule has 2 aromatic heterocycles. The van der Waals surface area contributed by atoms with Gasteiger partial charge in [0.2, 0.25) is 5.82 Å². The van der Waals surface area contributed by atoms with Crippen molar-refractivity contribution < 1.29 is 26.3 Å². The van der Waals surface area contributed by atoms with Gasteiger partial charge in [0.15, 0.2) is 5.65 Å². The van der Waals surface area contributed by atoms with E-state index in [1.165, 1.54) is 0 Å². The lowest BCUT2D eigenvalue weighted by molar-refractivity contribution is -0.144. The Hall–Kier alpha value is -1.80. The van der Waals surface area contributed by atoms with Crippen molar-refractivity contribution in [2.75, 3.05) is 0 Å². The predicted molar refractivity (Wildman–Crippen MR) is 43.9 cm³/mol. The predicted octanol–water partition coefficient (Wildman–Crippen LogP) is 3.00. The standard InChI is InChI=1S/C8H3F6N3/c9-7(10,11)3-1-4-5(15-2-3)17-6(16-4)8(12,13)14/h1-2H,(H,15,16,17). The first-order chi connectivity index (χ1) is 7.68. The largest absolute Gasteiger partial charge is 0.449 e. The number of halogens is 6. The first-order valence-electron chi connectivity index (χ1n) is 4.18. The van der Waals surface area contributed by atoms with E-state index in [9.17, 15) is 26.3 Å². The van der Waals surface area contributed by atoms with Crippen molar-refractivity contribution in [2.45, 2.75) is 12.4 Å². The average Bonchev–Trinajstić information content (AvgIpc) is 2.57. The molecule has 2 rings (SSSR count). The molecule has 0 atom stereocenters. The van der Waals surface area contributed by atoms with Gasteiger partial charge in [-0.2, -0.15) is 26.3 Å². The Morgan fingerprint density at radius 3 is 2.18 bits per heavy atom. The molecule has 2 aromatic rings. The second-order valence-electron chi connectivity index (χ2n) is 3.18. The van der Waals surface area contributed by atoms with Crippen LogP contribution in [0.1, 0.15) is 11.4 Å². The minimum Gasteiger partial charge on any atom is -0.333 e. The van der Waals surface area contributed by atoms with Crippen LogP contribution in [0.15, 0.2) is 12.3 Å². The fourth-order valence-corrected chi connectivity index (χ4v) is 1.19. The fourth-order valence-electron chi connectivity index (χ4n) is 1.19. The van der Waals surface area contributed by atoms with Crippen LogP contribution in [-0.4, -0.2) is 15.0 Å². The molecule has 0 fully saturated rings. The zero-order valence-electron chi connectivity index (χ0n) is 7.82. The molecule has 0 radical (unpaired) electrons. The fraction of sp³-hybridized carbons (Fsp3) is 0.250. The Bertz CT molecular complexity index is 540.